The highest BCUT2D eigenvalue weighted by atomic mass is 15.2. The maximum absolute atomic E-state index is 3.70. The minimum Gasteiger partial charge on any atom is -0.310 e. The molecular weight excluding hydrogens is 124 g/mol. The monoisotopic (exact) mass is 138 g/mol. The Bertz CT molecular complexity index is 147. The molecule has 0 aromatic rings. The van der Waals surface area contributed by atoms with E-state index in [1.54, 1.807) is 0 Å². The highest BCUT2D eigenvalue weighted by molar-refractivity contribution is 5.01. The molecule has 1 N–H and O–H groups in total. The summed E-state index contributed by atoms with van der Waals surface area (Å²) in [5.41, 5.74) is 0. The van der Waals surface area contributed by atoms with Crippen LogP contribution in [0.2, 0.25) is 0 Å². The summed E-state index contributed by atoms with van der Waals surface area (Å²) in [6.07, 6.45) is 2.86. The lowest BCUT2D eigenvalue weighted by atomic mass is 9.89. The van der Waals surface area contributed by atoms with Gasteiger partial charge in [-0.1, -0.05) is 0 Å². The lowest BCUT2D eigenvalue weighted by Gasteiger charge is -2.35. The van der Waals surface area contributed by atoms with Crippen LogP contribution in [0.3, 0.4) is 0 Å². The average molecular weight is 138 g/mol. The van der Waals surface area contributed by atoms with Gasteiger partial charge < -0.3 is 10.2 Å². The highest BCUT2D eigenvalue weighted by Gasteiger charge is 2.42. The maximum Gasteiger partial charge on any atom is 0.0201 e. The van der Waals surface area contributed by atoms with Crippen molar-refractivity contribution in [3.05, 3.63) is 0 Å². The van der Waals surface area contributed by atoms with Gasteiger partial charge in [-0.25, -0.2) is 0 Å². The number of hydrogen-bond donors (Lipinski definition) is 1. The molecule has 4 atom stereocenters. The summed E-state index contributed by atoms with van der Waals surface area (Å²) >= 11 is 0. The number of nitrogens with one attached hydrogen (secondary N) is 1. The fourth-order valence-electron chi connectivity index (χ4n) is 2.91. The molecule has 0 radical (unpaired) electrons. The van der Waals surface area contributed by atoms with Crippen molar-refractivity contribution in [2.24, 2.45) is 5.92 Å². The van der Waals surface area contributed by atoms with Gasteiger partial charge in [0, 0.05) is 25.2 Å². The molecule has 0 spiro atoms. The number of rotatable bonds is 0. The van der Waals surface area contributed by atoms with Gasteiger partial charge in [-0.15, -0.1) is 0 Å². The minimum absolute atomic E-state index is 0.853. The van der Waals surface area contributed by atoms with Gasteiger partial charge in [-0.3, -0.25) is 0 Å². The van der Waals surface area contributed by atoms with Gasteiger partial charge in [0.2, 0.25) is 0 Å². The number of nitrogens with zero attached hydrogens (tertiary/aromatic N) is 1. The van der Waals surface area contributed by atoms with Crippen molar-refractivity contribution in [3.63, 3.8) is 0 Å². The summed E-state index contributed by atoms with van der Waals surface area (Å²) in [5.74, 6) is 1.01. The van der Waals surface area contributed by atoms with Crippen LogP contribution in [0.4, 0.5) is 0 Å². The van der Waals surface area contributed by atoms with E-state index in [2.05, 4.69) is 10.2 Å². The fraction of sp³-hybridized carbons (Fsp3) is 1.00. The summed E-state index contributed by atoms with van der Waals surface area (Å²) in [6, 6.07) is 1.75. The smallest absolute Gasteiger partial charge is 0.0201 e. The zero-order chi connectivity index (χ0) is 6.55. The summed E-state index contributed by atoms with van der Waals surface area (Å²) < 4.78 is 0. The Morgan fingerprint density at radius 2 is 2.30 bits per heavy atom. The van der Waals surface area contributed by atoms with Crippen molar-refractivity contribution in [2.45, 2.75) is 24.9 Å². The summed E-state index contributed by atoms with van der Waals surface area (Å²) in [6.45, 7) is 4.06. The van der Waals surface area contributed by atoms with E-state index in [1.165, 1.54) is 32.5 Å². The second kappa shape index (κ2) is 1.74. The predicted octanol–water partition coefficient (Wildman–Crippen LogP) is 0.0524. The van der Waals surface area contributed by atoms with E-state index in [0.29, 0.717) is 0 Å². The average Bonchev–Trinajstić information content (AvgIpc) is 2.11. The molecule has 0 aromatic carbocycles. The molecule has 3 aliphatic rings. The first kappa shape index (κ1) is 5.56. The third kappa shape index (κ3) is 0.611. The van der Waals surface area contributed by atoms with Gasteiger partial charge in [0.25, 0.3) is 0 Å². The first-order valence-electron chi connectivity index (χ1n) is 4.40. The first-order valence-corrected chi connectivity index (χ1v) is 4.40. The highest BCUT2D eigenvalue weighted by Crippen LogP contribution is 2.32. The molecule has 56 valence electrons. The summed E-state index contributed by atoms with van der Waals surface area (Å²) in [5, 5.41) is 3.70. The zero-order valence-electron chi connectivity index (χ0n) is 6.21. The Hall–Kier alpha value is -0.0800. The molecule has 3 aliphatic heterocycles. The molecular formula is C8H14N2. The molecule has 2 nitrogen and oxygen atoms in total. The van der Waals surface area contributed by atoms with E-state index < -0.39 is 0 Å². The molecule has 3 bridgehead atoms. The van der Waals surface area contributed by atoms with Crippen LogP contribution < -0.4 is 5.32 Å². The largest absolute Gasteiger partial charge is 0.310 e. The normalized spacial score (nSPS) is 57.6. The molecule has 0 amide bonds. The molecule has 3 saturated heterocycles. The Morgan fingerprint density at radius 3 is 3.30 bits per heavy atom. The number of piperidine rings is 2. The molecule has 2 heteroatoms. The lowest BCUT2D eigenvalue weighted by Crippen LogP contribution is -2.44. The number of fused-ring (bicyclic) bond motifs is 2. The van der Waals surface area contributed by atoms with Crippen molar-refractivity contribution in [1.29, 1.82) is 0 Å². The van der Waals surface area contributed by atoms with Crippen LogP contribution in [0.15, 0.2) is 0 Å². The van der Waals surface area contributed by atoms with Gasteiger partial charge in [0.15, 0.2) is 0 Å². The second-order valence-electron chi connectivity index (χ2n) is 4.01. The van der Waals surface area contributed by atoms with Crippen LogP contribution in [-0.2, 0) is 0 Å². The van der Waals surface area contributed by atoms with Crippen LogP contribution >= 0.6 is 0 Å². The predicted molar refractivity (Wildman–Crippen MR) is 39.9 cm³/mol. The van der Waals surface area contributed by atoms with Crippen molar-refractivity contribution in [2.75, 3.05) is 19.6 Å². The molecule has 0 aliphatic carbocycles. The van der Waals surface area contributed by atoms with Crippen LogP contribution in [0.1, 0.15) is 12.8 Å². The van der Waals surface area contributed by atoms with Gasteiger partial charge >= 0.3 is 0 Å². The molecule has 3 fully saturated rings. The summed E-state index contributed by atoms with van der Waals surface area (Å²) in [7, 11) is 0. The van der Waals surface area contributed by atoms with Gasteiger partial charge in [0.1, 0.15) is 0 Å². The van der Waals surface area contributed by atoms with E-state index in [4.69, 9.17) is 0 Å². The third-order valence-electron chi connectivity index (χ3n) is 3.33. The molecule has 1 unspecified atom stereocenters. The second-order valence-corrected chi connectivity index (χ2v) is 4.01. The SMILES string of the molecule is C1[C@@H]2CN3CC[C@@H](N2)[C@@H]1C3. The van der Waals surface area contributed by atoms with Crippen molar-refractivity contribution < 1.29 is 0 Å². The van der Waals surface area contributed by atoms with E-state index in [0.717, 1.165) is 18.0 Å². The quantitative estimate of drug-likeness (QED) is 0.509. The van der Waals surface area contributed by atoms with Crippen LogP contribution in [-0.4, -0.2) is 36.6 Å². The van der Waals surface area contributed by atoms with Crippen molar-refractivity contribution in [1.82, 2.24) is 10.2 Å². The molecule has 0 aromatic heterocycles. The molecule has 0 saturated carbocycles. The Morgan fingerprint density at radius 1 is 1.30 bits per heavy atom. The topological polar surface area (TPSA) is 15.3 Å². The molecule has 10 heavy (non-hydrogen) atoms. The van der Waals surface area contributed by atoms with Crippen LogP contribution in [0, 0.1) is 5.92 Å². The molecule has 3 rings (SSSR count). The van der Waals surface area contributed by atoms with Crippen molar-refractivity contribution >= 4 is 0 Å². The van der Waals surface area contributed by atoms with Gasteiger partial charge in [0.05, 0.1) is 0 Å². The number of hydrogen-bond acceptors (Lipinski definition) is 2. The lowest BCUT2D eigenvalue weighted by molar-refractivity contribution is 0.149. The fourth-order valence-corrected chi connectivity index (χ4v) is 2.91. The maximum atomic E-state index is 3.70. The Labute approximate surface area is 61.6 Å². The van der Waals surface area contributed by atoms with Crippen LogP contribution in [0.5, 0.6) is 0 Å². The molecule has 3 heterocycles. The van der Waals surface area contributed by atoms with E-state index in [1.807, 2.05) is 0 Å². The Balaban J connectivity index is 1.94. The first-order chi connectivity index (χ1) is 4.92. The van der Waals surface area contributed by atoms with E-state index in [9.17, 15) is 0 Å². The van der Waals surface area contributed by atoms with E-state index in [-0.39, 0.29) is 0 Å². The van der Waals surface area contributed by atoms with Gasteiger partial charge in [-0.05, 0) is 25.3 Å². The van der Waals surface area contributed by atoms with E-state index >= 15 is 0 Å². The van der Waals surface area contributed by atoms with Crippen LogP contribution in [0.25, 0.3) is 0 Å². The van der Waals surface area contributed by atoms with Gasteiger partial charge in [-0.2, -0.15) is 0 Å². The van der Waals surface area contributed by atoms with Crippen molar-refractivity contribution in [3.8, 4) is 0 Å². The standard InChI is InChI=1S/C8H14N2/c1-2-10-4-6-3-7(5-10)9-8(1)6/h6-9H,1-5H2/t6-,7+,8+/m0/s1. The Kier molecular flexibility index (Phi) is 0.968. The minimum atomic E-state index is 0.853. The summed E-state index contributed by atoms with van der Waals surface area (Å²) in [4.78, 5) is 2.62. The third-order valence-corrected chi connectivity index (χ3v) is 3.33. The zero-order valence-corrected chi connectivity index (χ0v) is 6.21.